The molecule has 0 atom stereocenters. The number of hydrazone groups is 1. The van der Waals surface area contributed by atoms with Gasteiger partial charge in [0.05, 0.1) is 19.4 Å². The number of rotatable bonds is 11. The smallest absolute Gasteiger partial charge is 0.277 e. The van der Waals surface area contributed by atoms with Crippen LogP contribution < -0.4 is 19.6 Å². The second kappa shape index (κ2) is 11.6. The fourth-order valence-corrected chi connectivity index (χ4v) is 2.20. The van der Waals surface area contributed by atoms with Crippen LogP contribution in [0.15, 0.2) is 53.6 Å². The van der Waals surface area contributed by atoms with Crippen LogP contribution in [-0.2, 0) is 4.79 Å². The zero-order chi connectivity index (χ0) is 19.3. The Labute approximate surface area is 160 Å². The molecular formula is C21H26N2O4. The minimum Gasteiger partial charge on any atom is -0.494 e. The zero-order valence-corrected chi connectivity index (χ0v) is 15.8. The van der Waals surface area contributed by atoms with Crippen LogP contribution in [0, 0.1) is 0 Å². The van der Waals surface area contributed by atoms with Gasteiger partial charge >= 0.3 is 0 Å². The van der Waals surface area contributed by atoms with Crippen LogP contribution in [0.1, 0.15) is 32.3 Å². The number of para-hydroxylation sites is 1. The van der Waals surface area contributed by atoms with Gasteiger partial charge in [0.1, 0.15) is 17.2 Å². The molecule has 0 aromatic heterocycles. The number of hydrogen-bond donors (Lipinski definition) is 1. The van der Waals surface area contributed by atoms with Crippen molar-refractivity contribution in [2.45, 2.75) is 26.7 Å². The van der Waals surface area contributed by atoms with Crippen LogP contribution in [0.3, 0.4) is 0 Å². The summed E-state index contributed by atoms with van der Waals surface area (Å²) in [5.41, 5.74) is 3.23. The number of ether oxygens (including phenoxy) is 3. The first-order chi connectivity index (χ1) is 13.2. The van der Waals surface area contributed by atoms with E-state index in [4.69, 9.17) is 14.2 Å². The maximum Gasteiger partial charge on any atom is 0.277 e. The average Bonchev–Trinajstić information content (AvgIpc) is 2.69. The lowest BCUT2D eigenvalue weighted by atomic mass is 10.2. The summed E-state index contributed by atoms with van der Waals surface area (Å²) in [6, 6.07) is 14.7. The van der Waals surface area contributed by atoms with Crippen molar-refractivity contribution in [2.24, 2.45) is 5.10 Å². The number of carbonyl (C=O) groups excluding carboxylic acids is 1. The highest BCUT2D eigenvalue weighted by atomic mass is 16.5. The Morgan fingerprint density at radius 3 is 2.41 bits per heavy atom. The van der Waals surface area contributed by atoms with Crippen LogP contribution in [-0.4, -0.2) is 31.9 Å². The van der Waals surface area contributed by atoms with E-state index < -0.39 is 0 Å². The second-order valence-electron chi connectivity index (χ2n) is 5.73. The van der Waals surface area contributed by atoms with Gasteiger partial charge in [0.2, 0.25) is 0 Å². The van der Waals surface area contributed by atoms with Crippen molar-refractivity contribution in [2.75, 3.05) is 19.8 Å². The van der Waals surface area contributed by atoms with Crippen LogP contribution in [0.2, 0.25) is 0 Å². The molecule has 2 aromatic carbocycles. The van der Waals surface area contributed by atoms with E-state index in [1.165, 1.54) is 0 Å². The highest BCUT2D eigenvalue weighted by Crippen LogP contribution is 2.18. The molecule has 27 heavy (non-hydrogen) atoms. The monoisotopic (exact) mass is 370 g/mol. The summed E-state index contributed by atoms with van der Waals surface area (Å²) >= 11 is 0. The molecule has 0 aliphatic rings. The van der Waals surface area contributed by atoms with Crippen molar-refractivity contribution < 1.29 is 19.0 Å². The molecular weight excluding hydrogens is 344 g/mol. The molecule has 0 saturated heterocycles. The van der Waals surface area contributed by atoms with Crippen molar-refractivity contribution in [3.05, 3.63) is 54.1 Å². The Kier molecular flexibility index (Phi) is 8.69. The number of nitrogens with one attached hydrogen (secondary N) is 1. The third-order valence-corrected chi connectivity index (χ3v) is 3.57. The molecule has 144 valence electrons. The summed E-state index contributed by atoms with van der Waals surface area (Å²) in [5, 5.41) is 3.95. The quantitative estimate of drug-likeness (QED) is 0.371. The van der Waals surface area contributed by atoms with Gasteiger partial charge in [0.25, 0.3) is 5.91 Å². The van der Waals surface area contributed by atoms with Crippen molar-refractivity contribution in [1.29, 1.82) is 0 Å². The van der Waals surface area contributed by atoms with Gasteiger partial charge in [-0.15, -0.1) is 0 Å². The van der Waals surface area contributed by atoms with Crippen LogP contribution in [0.4, 0.5) is 0 Å². The summed E-state index contributed by atoms with van der Waals surface area (Å²) in [6.45, 7) is 5.17. The van der Waals surface area contributed by atoms with Gasteiger partial charge in [-0.2, -0.15) is 5.10 Å². The highest BCUT2D eigenvalue weighted by Gasteiger charge is 2.03. The number of amides is 1. The number of benzene rings is 2. The lowest BCUT2D eigenvalue weighted by Gasteiger charge is -2.08. The number of nitrogens with zero attached hydrogens (tertiary/aromatic N) is 1. The van der Waals surface area contributed by atoms with E-state index in [9.17, 15) is 4.79 Å². The molecule has 1 amide bonds. The first-order valence-electron chi connectivity index (χ1n) is 9.12. The molecule has 0 radical (unpaired) electrons. The third kappa shape index (κ3) is 7.40. The molecule has 0 unspecified atom stereocenters. The van der Waals surface area contributed by atoms with Gasteiger partial charge in [-0.3, -0.25) is 4.79 Å². The first-order valence-corrected chi connectivity index (χ1v) is 9.12. The van der Waals surface area contributed by atoms with Gasteiger partial charge in [0, 0.05) is 5.56 Å². The average molecular weight is 370 g/mol. The molecule has 0 saturated carbocycles. The molecule has 0 spiro atoms. The van der Waals surface area contributed by atoms with Crippen molar-refractivity contribution in [3.8, 4) is 17.2 Å². The van der Waals surface area contributed by atoms with Crippen molar-refractivity contribution >= 4 is 12.1 Å². The summed E-state index contributed by atoms with van der Waals surface area (Å²) in [5.74, 6) is 1.76. The van der Waals surface area contributed by atoms with E-state index >= 15 is 0 Å². The Hall–Kier alpha value is -3.02. The van der Waals surface area contributed by atoms with Crippen LogP contribution in [0.25, 0.3) is 0 Å². The van der Waals surface area contributed by atoms with E-state index in [0.29, 0.717) is 19.0 Å². The summed E-state index contributed by atoms with van der Waals surface area (Å²) < 4.78 is 16.5. The molecule has 6 heteroatoms. The minimum atomic E-state index is -0.344. The molecule has 0 aliphatic heterocycles. The largest absolute Gasteiger partial charge is 0.494 e. The maximum atomic E-state index is 11.9. The van der Waals surface area contributed by atoms with Crippen molar-refractivity contribution in [3.63, 3.8) is 0 Å². The molecule has 0 fully saturated rings. The number of unbranched alkanes of at least 4 members (excludes halogenated alkanes) is 1. The minimum absolute atomic E-state index is 0.125. The fourth-order valence-electron chi connectivity index (χ4n) is 2.20. The molecule has 2 rings (SSSR count). The van der Waals surface area contributed by atoms with Crippen LogP contribution in [0.5, 0.6) is 17.2 Å². The standard InChI is InChI=1S/C21H26N2O4/c1-3-5-14-26-18-10-12-19(13-11-18)27-16-21(24)23-22-15-17-8-6-7-9-20(17)25-4-2/h6-13,15H,3-5,14,16H2,1-2H3,(H,23,24)/b22-15+. The van der Waals surface area contributed by atoms with Gasteiger partial charge in [-0.25, -0.2) is 5.43 Å². The lowest BCUT2D eigenvalue weighted by molar-refractivity contribution is -0.123. The van der Waals surface area contributed by atoms with Gasteiger partial charge in [0.15, 0.2) is 6.61 Å². The van der Waals surface area contributed by atoms with Crippen molar-refractivity contribution in [1.82, 2.24) is 5.43 Å². The second-order valence-corrected chi connectivity index (χ2v) is 5.73. The predicted molar refractivity (Wildman–Crippen MR) is 106 cm³/mol. The van der Waals surface area contributed by atoms with Gasteiger partial charge in [-0.1, -0.05) is 25.5 Å². The number of carbonyl (C=O) groups is 1. The SMILES string of the molecule is CCCCOc1ccc(OCC(=O)N/N=C/c2ccccc2OCC)cc1. The zero-order valence-electron chi connectivity index (χ0n) is 15.8. The van der Waals surface area contributed by atoms with Gasteiger partial charge < -0.3 is 14.2 Å². The fraction of sp³-hybridized carbons (Fsp3) is 0.333. The van der Waals surface area contributed by atoms with E-state index in [1.54, 1.807) is 18.3 Å². The maximum absolute atomic E-state index is 11.9. The molecule has 0 aliphatic carbocycles. The summed E-state index contributed by atoms with van der Waals surface area (Å²) in [7, 11) is 0. The summed E-state index contributed by atoms with van der Waals surface area (Å²) in [4.78, 5) is 11.9. The first kappa shape index (κ1) is 20.3. The van der Waals surface area contributed by atoms with E-state index in [-0.39, 0.29) is 12.5 Å². The van der Waals surface area contributed by atoms with Crippen LogP contribution >= 0.6 is 0 Å². The summed E-state index contributed by atoms with van der Waals surface area (Å²) in [6.07, 6.45) is 3.66. The predicted octanol–water partition coefficient (Wildman–Crippen LogP) is 3.79. The molecule has 6 nitrogen and oxygen atoms in total. The van der Waals surface area contributed by atoms with E-state index in [0.717, 1.165) is 29.9 Å². The molecule has 0 heterocycles. The van der Waals surface area contributed by atoms with E-state index in [1.807, 2.05) is 43.3 Å². The Morgan fingerprint density at radius 2 is 1.70 bits per heavy atom. The number of hydrogen-bond acceptors (Lipinski definition) is 5. The lowest BCUT2D eigenvalue weighted by Crippen LogP contribution is -2.24. The molecule has 0 bridgehead atoms. The molecule has 1 N–H and O–H groups in total. The van der Waals surface area contributed by atoms with E-state index in [2.05, 4.69) is 17.5 Å². The van der Waals surface area contributed by atoms with Gasteiger partial charge in [-0.05, 0) is 49.7 Å². The molecule has 2 aromatic rings. The third-order valence-electron chi connectivity index (χ3n) is 3.57. The Balaban J connectivity index is 1.76. The highest BCUT2D eigenvalue weighted by molar-refractivity contribution is 5.85. The Morgan fingerprint density at radius 1 is 1.00 bits per heavy atom. The topological polar surface area (TPSA) is 69.2 Å². The normalized spacial score (nSPS) is 10.6. The Bertz CT molecular complexity index is 729.